The van der Waals surface area contributed by atoms with Crippen LogP contribution in [0.25, 0.3) is 24.3 Å². The molecule has 0 spiro atoms. The van der Waals surface area contributed by atoms with Gasteiger partial charge in [-0.2, -0.15) is 0 Å². The topological polar surface area (TPSA) is 0 Å². The molecule has 0 unspecified atom stereocenters. The summed E-state index contributed by atoms with van der Waals surface area (Å²) >= 11 is 0. The van der Waals surface area contributed by atoms with E-state index in [1.165, 1.54) is 33.4 Å². The second kappa shape index (κ2) is 9.45. The molecule has 0 bridgehead atoms. The maximum absolute atomic E-state index is 2.29. The van der Waals surface area contributed by atoms with E-state index >= 15 is 0 Å². The summed E-state index contributed by atoms with van der Waals surface area (Å²) in [4.78, 5) is 0. The van der Waals surface area contributed by atoms with E-state index < -0.39 is 0 Å². The standard InChI is InChI=1S/C31H28/c1-31(2,29-21-17-27(18-22-29)15-13-25-9-5-3-6-10-25)30-23-19-28(20-24-30)16-14-26-11-7-4-8-12-26/h3-24H,1-2H3. The van der Waals surface area contributed by atoms with Crippen molar-refractivity contribution in [2.24, 2.45) is 0 Å². The quantitative estimate of drug-likeness (QED) is 0.285. The van der Waals surface area contributed by atoms with Crippen LogP contribution in [0, 0.1) is 0 Å². The highest BCUT2D eigenvalue weighted by molar-refractivity contribution is 5.70. The van der Waals surface area contributed by atoms with Crippen molar-refractivity contribution in [2.45, 2.75) is 19.3 Å². The van der Waals surface area contributed by atoms with E-state index in [2.05, 4.69) is 135 Å². The SMILES string of the molecule is CC(C)(c1ccc(C=Cc2ccccc2)cc1)c1ccc(C=Cc2ccccc2)cc1. The van der Waals surface area contributed by atoms with Crippen molar-refractivity contribution < 1.29 is 0 Å². The Balaban J connectivity index is 1.47. The fourth-order valence-corrected chi connectivity index (χ4v) is 3.70. The van der Waals surface area contributed by atoms with Crippen LogP contribution in [0.1, 0.15) is 47.2 Å². The van der Waals surface area contributed by atoms with Crippen LogP contribution in [-0.4, -0.2) is 0 Å². The molecule has 0 heterocycles. The Labute approximate surface area is 186 Å². The van der Waals surface area contributed by atoms with Crippen molar-refractivity contribution in [1.82, 2.24) is 0 Å². The molecule has 0 saturated carbocycles. The third-order valence-electron chi connectivity index (χ3n) is 5.80. The minimum absolute atomic E-state index is 0.0522. The van der Waals surface area contributed by atoms with Crippen LogP contribution < -0.4 is 0 Å². The van der Waals surface area contributed by atoms with Crippen molar-refractivity contribution >= 4 is 24.3 Å². The predicted octanol–water partition coefficient (Wildman–Crippen LogP) is 8.35. The second-order valence-corrected chi connectivity index (χ2v) is 8.36. The molecule has 152 valence electrons. The van der Waals surface area contributed by atoms with Crippen molar-refractivity contribution in [2.75, 3.05) is 0 Å². The van der Waals surface area contributed by atoms with Gasteiger partial charge in [0.2, 0.25) is 0 Å². The number of rotatable bonds is 6. The molecule has 0 atom stereocenters. The molecule has 4 aromatic rings. The normalized spacial score (nSPS) is 11.9. The fourth-order valence-electron chi connectivity index (χ4n) is 3.70. The summed E-state index contributed by atoms with van der Waals surface area (Å²) in [5.41, 5.74) is 7.44. The van der Waals surface area contributed by atoms with E-state index in [1.807, 2.05) is 12.1 Å². The van der Waals surface area contributed by atoms with Gasteiger partial charge in [-0.15, -0.1) is 0 Å². The molecule has 0 amide bonds. The van der Waals surface area contributed by atoms with Crippen LogP contribution in [0.3, 0.4) is 0 Å². The van der Waals surface area contributed by atoms with Gasteiger partial charge in [-0.25, -0.2) is 0 Å². The molecule has 4 aromatic carbocycles. The summed E-state index contributed by atoms with van der Waals surface area (Å²) in [6, 6.07) is 38.6. The molecule has 0 aliphatic carbocycles. The Morgan fingerprint density at radius 3 is 1.00 bits per heavy atom. The van der Waals surface area contributed by atoms with Crippen molar-refractivity contribution in [1.29, 1.82) is 0 Å². The van der Waals surface area contributed by atoms with E-state index in [-0.39, 0.29) is 5.41 Å². The first-order chi connectivity index (χ1) is 15.1. The zero-order valence-corrected chi connectivity index (χ0v) is 18.2. The van der Waals surface area contributed by atoms with Crippen molar-refractivity contribution in [3.8, 4) is 0 Å². The first kappa shape index (κ1) is 20.6. The van der Waals surface area contributed by atoms with Gasteiger partial charge in [0.05, 0.1) is 0 Å². The van der Waals surface area contributed by atoms with E-state index in [0.29, 0.717) is 0 Å². The highest BCUT2D eigenvalue weighted by Gasteiger charge is 2.22. The minimum Gasteiger partial charge on any atom is -0.0622 e. The van der Waals surface area contributed by atoms with Crippen LogP contribution in [-0.2, 0) is 5.41 Å². The third kappa shape index (κ3) is 5.29. The molecule has 4 rings (SSSR count). The number of hydrogen-bond donors (Lipinski definition) is 0. The Bertz CT molecular complexity index is 1050. The summed E-state index contributed by atoms with van der Waals surface area (Å²) in [7, 11) is 0. The van der Waals surface area contributed by atoms with Crippen LogP contribution in [0.2, 0.25) is 0 Å². The van der Waals surface area contributed by atoms with Gasteiger partial charge >= 0.3 is 0 Å². The fraction of sp³-hybridized carbons (Fsp3) is 0.0968. The Hall–Kier alpha value is -3.64. The molecule has 0 aromatic heterocycles. The molecule has 0 radical (unpaired) electrons. The van der Waals surface area contributed by atoms with Gasteiger partial charge in [-0.3, -0.25) is 0 Å². The molecule has 0 heteroatoms. The van der Waals surface area contributed by atoms with E-state index in [0.717, 1.165) is 0 Å². The average molecular weight is 401 g/mol. The lowest BCUT2D eigenvalue weighted by Crippen LogP contribution is -2.18. The Kier molecular flexibility index (Phi) is 6.29. The van der Waals surface area contributed by atoms with Gasteiger partial charge in [0.25, 0.3) is 0 Å². The maximum atomic E-state index is 2.29. The van der Waals surface area contributed by atoms with Crippen LogP contribution in [0.4, 0.5) is 0 Å². The number of hydrogen-bond acceptors (Lipinski definition) is 0. The molecular formula is C31H28. The van der Waals surface area contributed by atoms with Crippen LogP contribution >= 0.6 is 0 Å². The zero-order valence-electron chi connectivity index (χ0n) is 18.2. The molecular weight excluding hydrogens is 372 g/mol. The zero-order chi connectivity index (χ0) is 21.5. The summed E-state index contributed by atoms with van der Waals surface area (Å²) in [5, 5.41) is 0. The molecule has 0 aliphatic heterocycles. The predicted molar refractivity (Wildman–Crippen MR) is 136 cm³/mol. The van der Waals surface area contributed by atoms with E-state index in [9.17, 15) is 0 Å². The van der Waals surface area contributed by atoms with Gasteiger partial charge in [0.1, 0.15) is 0 Å². The average Bonchev–Trinajstić information content (AvgIpc) is 2.83. The van der Waals surface area contributed by atoms with Gasteiger partial charge in [-0.05, 0) is 33.4 Å². The maximum Gasteiger partial charge on any atom is 0.0146 e. The van der Waals surface area contributed by atoms with Crippen molar-refractivity contribution in [3.63, 3.8) is 0 Å². The van der Waals surface area contributed by atoms with Gasteiger partial charge < -0.3 is 0 Å². The lowest BCUT2D eigenvalue weighted by Gasteiger charge is -2.26. The molecule has 0 aliphatic rings. The Morgan fingerprint density at radius 2 is 0.677 bits per heavy atom. The minimum atomic E-state index is -0.0522. The number of benzene rings is 4. The van der Waals surface area contributed by atoms with E-state index in [4.69, 9.17) is 0 Å². The van der Waals surface area contributed by atoms with Crippen LogP contribution in [0.15, 0.2) is 109 Å². The van der Waals surface area contributed by atoms with Gasteiger partial charge in [0.15, 0.2) is 0 Å². The Morgan fingerprint density at radius 1 is 0.387 bits per heavy atom. The summed E-state index contributed by atoms with van der Waals surface area (Å²) < 4.78 is 0. The largest absolute Gasteiger partial charge is 0.0622 e. The summed E-state index contributed by atoms with van der Waals surface area (Å²) in [6.07, 6.45) is 8.64. The highest BCUT2D eigenvalue weighted by Crippen LogP contribution is 2.32. The van der Waals surface area contributed by atoms with Gasteiger partial charge in [-0.1, -0.05) is 147 Å². The van der Waals surface area contributed by atoms with Crippen LogP contribution in [0.5, 0.6) is 0 Å². The molecule has 0 nitrogen and oxygen atoms in total. The molecule has 31 heavy (non-hydrogen) atoms. The second-order valence-electron chi connectivity index (χ2n) is 8.36. The monoisotopic (exact) mass is 400 g/mol. The summed E-state index contributed by atoms with van der Waals surface area (Å²) in [5.74, 6) is 0. The molecule has 0 saturated heterocycles. The first-order valence-corrected chi connectivity index (χ1v) is 10.8. The lowest BCUT2D eigenvalue weighted by molar-refractivity contribution is 0.641. The highest BCUT2D eigenvalue weighted by atomic mass is 14.3. The third-order valence-corrected chi connectivity index (χ3v) is 5.80. The summed E-state index contributed by atoms with van der Waals surface area (Å²) in [6.45, 7) is 4.58. The molecule has 0 N–H and O–H groups in total. The first-order valence-electron chi connectivity index (χ1n) is 10.8. The molecule has 0 fully saturated rings. The van der Waals surface area contributed by atoms with Crippen molar-refractivity contribution in [3.05, 3.63) is 143 Å². The smallest absolute Gasteiger partial charge is 0.0146 e. The van der Waals surface area contributed by atoms with E-state index in [1.54, 1.807) is 0 Å². The van der Waals surface area contributed by atoms with Gasteiger partial charge in [0, 0.05) is 5.41 Å². The lowest BCUT2D eigenvalue weighted by atomic mass is 9.78.